The van der Waals surface area contributed by atoms with Gasteiger partial charge in [-0.2, -0.15) is 0 Å². The second kappa shape index (κ2) is 8.93. The Morgan fingerprint density at radius 1 is 0.969 bits per heavy atom. The standard InChI is InChI=1S/C25H24N4O3/c1-16-12-21-22(13-17(16)2)29(15-26-21)14-24(30)27-19-10-8-18(9-11-19)25(31)28-20-6-4-5-7-23(20)32-3/h4-13,15H,14H2,1-3H3,(H,27,30)(H,28,31). The zero-order valence-electron chi connectivity index (χ0n) is 18.2. The predicted octanol–water partition coefficient (Wildman–Crippen LogP) is 4.55. The van der Waals surface area contributed by atoms with Crippen LogP contribution in [0.15, 0.2) is 67.0 Å². The lowest BCUT2D eigenvalue weighted by Crippen LogP contribution is -2.18. The van der Waals surface area contributed by atoms with E-state index < -0.39 is 0 Å². The SMILES string of the molecule is COc1ccccc1NC(=O)c1ccc(NC(=O)Cn2cnc3cc(C)c(C)cc32)cc1. The van der Waals surface area contributed by atoms with Crippen LogP contribution >= 0.6 is 0 Å². The Labute approximate surface area is 186 Å². The minimum absolute atomic E-state index is 0.148. The molecular weight excluding hydrogens is 404 g/mol. The van der Waals surface area contributed by atoms with E-state index in [1.807, 2.05) is 42.7 Å². The van der Waals surface area contributed by atoms with Gasteiger partial charge in [0.2, 0.25) is 5.91 Å². The summed E-state index contributed by atoms with van der Waals surface area (Å²) in [6.45, 7) is 4.23. The van der Waals surface area contributed by atoms with Gasteiger partial charge in [0.15, 0.2) is 0 Å². The molecule has 0 saturated heterocycles. The highest BCUT2D eigenvalue weighted by molar-refractivity contribution is 6.05. The molecule has 32 heavy (non-hydrogen) atoms. The molecule has 0 aliphatic heterocycles. The second-order valence-electron chi connectivity index (χ2n) is 7.58. The first-order valence-electron chi connectivity index (χ1n) is 10.2. The van der Waals surface area contributed by atoms with Crippen molar-refractivity contribution in [2.45, 2.75) is 20.4 Å². The molecular formula is C25H24N4O3. The van der Waals surface area contributed by atoms with Gasteiger partial charge in [0.1, 0.15) is 12.3 Å². The van der Waals surface area contributed by atoms with E-state index in [2.05, 4.69) is 15.6 Å². The number of methoxy groups -OCH3 is 1. The summed E-state index contributed by atoms with van der Waals surface area (Å²) in [4.78, 5) is 29.5. The summed E-state index contributed by atoms with van der Waals surface area (Å²) >= 11 is 0. The third kappa shape index (κ3) is 4.46. The van der Waals surface area contributed by atoms with Gasteiger partial charge in [0.25, 0.3) is 5.91 Å². The van der Waals surface area contributed by atoms with E-state index in [1.165, 1.54) is 5.56 Å². The Morgan fingerprint density at radius 2 is 1.69 bits per heavy atom. The number of ether oxygens (including phenoxy) is 1. The third-order valence-corrected chi connectivity index (χ3v) is 5.34. The smallest absolute Gasteiger partial charge is 0.255 e. The lowest BCUT2D eigenvalue weighted by atomic mass is 10.1. The third-order valence-electron chi connectivity index (χ3n) is 5.34. The fourth-order valence-electron chi connectivity index (χ4n) is 3.44. The van der Waals surface area contributed by atoms with Crippen LogP contribution in [0.2, 0.25) is 0 Å². The molecule has 7 nitrogen and oxygen atoms in total. The molecule has 0 unspecified atom stereocenters. The summed E-state index contributed by atoms with van der Waals surface area (Å²) in [6, 6.07) is 18.0. The van der Waals surface area contributed by atoms with E-state index in [1.54, 1.807) is 49.8 Å². The molecule has 0 aliphatic carbocycles. The molecule has 0 saturated carbocycles. The molecule has 2 N–H and O–H groups in total. The summed E-state index contributed by atoms with van der Waals surface area (Å²) in [5.74, 6) is 0.152. The molecule has 4 aromatic rings. The van der Waals surface area contributed by atoms with E-state index in [9.17, 15) is 9.59 Å². The van der Waals surface area contributed by atoms with Crippen LogP contribution in [0.5, 0.6) is 5.75 Å². The fourth-order valence-corrected chi connectivity index (χ4v) is 3.44. The van der Waals surface area contributed by atoms with Gasteiger partial charge in [-0.1, -0.05) is 12.1 Å². The zero-order chi connectivity index (χ0) is 22.7. The molecule has 0 atom stereocenters. The number of imidazole rings is 1. The topological polar surface area (TPSA) is 85.3 Å². The summed E-state index contributed by atoms with van der Waals surface area (Å²) in [6.07, 6.45) is 1.68. The van der Waals surface area contributed by atoms with E-state index >= 15 is 0 Å². The Hall–Kier alpha value is -4.13. The average molecular weight is 428 g/mol. The molecule has 0 spiro atoms. The Kier molecular flexibility index (Phi) is 5.89. The molecule has 162 valence electrons. The lowest BCUT2D eigenvalue weighted by Gasteiger charge is -2.11. The van der Waals surface area contributed by atoms with Crippen molar-refractivity contribution in [2.24, 2.45) is 0 Å². The van der Waals surface area contributed by atoms with Crippen LogP contribution in [0.4, 0.5) is 11.4 Å². The summed E-state index contributed by atoms with van der Waals surface area (Å²) in [7, 11) is 1.55. The Balaban J connectivity index is 1.41. The molecule has 1 aromatic heterocycles. The number of aromatic nitrogens is 2. The summed E-state index contributed by atoms with van der Waals surface area (Å²) in [5, 5.41) is 5.70. The van der Waals surface area contributed by atoms with E-state index in [-0.39, 0.29) is 18.4 Å². The van der Waals surface area contributed by atoms with Crippen molar-refractivity contribution in [3.8, 4) is 5.75 Å². The Morgan fingerprint density at radius 3 is 2.44 bits per heavy atom. The van der Waals surface area contributed by atoms with Crippen molar-refractivity contribution in [3.63, 3.8) is 0 Å². The minimum Gasteiger partial charge on any atom is -0.495 e. The summed E-state index contributed by atoms with van der Waals surface area (Å²) < 4.78 is 7.08. The normalized spacial score (nSPS) is 10.7. The quantitative estimate of drug-likeness (QED) is 0.472. The van der Waals surface area contributed by atoms with Crippen molar-refractivity contribution in [2.75, 3.05) is 17.7 Å². The number of amides is 2. The number of carbonyl (C=O) groups is 2. The minimum atomic E-state index is -0.261. The number of rotatable bonds is 6. The maximum Gasteiger partial charge on any atom is 0.255 e. The number of anilines is 2. The molecule has 7 heteroatoms. The van der Waals surface area contributed by atoms with Crippen LogP contribution in [-0.4, -0.2) is 28.5 Å². The van der Waals surface area contributed by atoms with Crippen molar-refractivity contribution in [1.29, 1.82) is 0 Å². The van der Waals surface area contributed by atoms with Gasteiger partial charge < -0.3 is 19.9 Å². The zero-order valence-corrected chi connectivity index (χ0v) is 18.2. The number of para-hydroxylation sites is 2. The Bertz CT molecular complexity index is 1290. The molecule has 4 rings (SSSR count). The number of hydrogen-bond donors (Lipinski definition) is 2. The van der Waals surface area contributed by atoms with Gasteiger partial charge in [-0.15, -0.1) is 0 Å². The van der Waals surface area contributed by atoms with Crippen LogP contribution in [0.1, 0.15) is 21.5 Å². The highest BCUT2D eigenvalue weighted by Gasteiger charge is 2.11. The predicted molar refractivity (Wildman–Crippen MR) is 125 cm³/mol. The number of nitrogens with zero attached hydrogens (tertiary/aromatic N) is 2. The number of benzene rings is 3. The van der Waals surface area contributed by atoms with Crippen LogP contribution in [-0.2, 0) is 11.3 Å². The van der Waals surface area contributed by atoms with Gasteiger partial charge in [-0.05, 0) is 73.5 Å². The molecule has 2 amide bonds. The van der Waals surface area contributed by atoms with Gasteiger partial charge in [-0.25, -0.2) is 4.98 Å². The van der Waals surface area contributed by atoms with Crippen LogP contribution in [0.25, 0.3) is 11.0 Å². The first-order chi connectivity index (χ1) is 15.4. The monoisotopic (exact) mass is 428 g/mol. The molecule has 0 fully saturated rings. The number of nitrogens with one attached hydrogen (secondary N) is 2. The highest BCUT2D eigenvalue weighted by atomic mass is 16.5. The first kappa shape index (κ1) is 21.1. The lowest BCUT2D eigenvalue weighted by molar-refractivity contribution is -0.116. The number of carbonyl (C=O) groups excluding carboxylic acids is 2. The van der Waals surface area contributed by atoms with Gasteiger partial charge in [-0.3, -0.25) is 9.59 Å². The number of hydrogen-bond acceptors (Lipinski definition) is 4. The highest BCUT2D eigenvalue weighted by Crippen LogP contribution is 2.24. The second-order valence-corrected chi connectivity index (χ2v) is 7.58. The first-order valence-corrected chi connectivity index (χ1v) is 10.2. The van der Waals surface area contributed by atoms with Crippen LogP contribution < -0.4 is 15.4 Å². The van der Waals surface area contributed by atoms with E-state index in [4.69, 9.17) is 4.74 Å². The van der Waals surface area contributed by atoms with E-state index in [0.717, 1.165) is 16.6 Å². The maximum atomic E-state index is 12.6. The van der Waals surface area contributed by atoms with Gasteiger partial charge in [0.05, 0.1) is 30.2 Å². The fraction of sp³-hybridized carbons (Fsp3) is 0.160. The summed E-state index contributed by atoms with van der Waals surface area (Å²) in [5.41, 5.74) is 5.79. The van der Waals surface area contributed by atoms with Crippen molar-refractivity contribution in [3.05, 3.63) is 83.7 Å². The maximum absolute atomic E-state index is 12.6. The van der Waals surface area contributed by atoms with Gasteiger partial charge >= 0.3 is 0 Å². The average Bonchev–Trinajstić information content (AvgIpc) is 3.16. The molecule has 0 radical (unpaired) electrons. The largest absolute Gasteiger partial charge is 0.495 e. The molecule has 0 aliphatic rings. The van der Waals surface area contributed by atoms with Crippen molar-refractivity contribution in [1.82, 2.24) is 9.55 Å². The molecule has 0 bridgehead atoms. The van der Waals surface area contributed by atoms with Crippen molar-refractivity contribution >= 4 is 34.2 Å². The van der Waals surface area contributed by atoms with Crippen LogP contribution in [0, 0.1) is 13.8 Å². The van der Waals surface area contributed by atoms with Crippen molar-refractivity contribution < 1.29 is 14.3 Å². The van der Waals surface area contributed by atoms with Crippen LogP contribution in [0.3, 0.4) is 0 Å². The van der Waals surface area contributed by atoms with Gasteiger partial charge in [0, 0.05) is 11.3 Å². The number of fused-ring (bicyclic) bond motifs is 1. The molecule has 1 heterocycles. The van der Waals surface area contributed by atoms with E-state index in [0.29, 0.717) is 22.7 Å². The number of aryl methyl sites for hydroxylation is 2. The molecule has 3 aromatic carbocycles.